The van der Waals surface area contributed by atoms with Crippen LogP contribution in [0.4, 0.5) is 0 Å². The predicted molar refractivity (Wildman–Crippen MR) is 86.3 cm³/mol. The van der Waals surface area contributed by atoms with Gasteiger partial charge in [0.1, 0.15) is 11.5 Å². The summed E-state index contributed by atoms with van der Waals surface area (Å²) in [5, 5.41) is 0. The lowest BCUT2D eigenvalue weighted by molar-refractivity contribution is 0.0687. The summed E-state index contributed by atoms with van der Waals surface area (Å²) >= 11 is 0. The second kappa shape index (κ2) is 5.51. The van der Waals surface area contributed by atoms with Crippen LogP contribution >= 0.6 is 0 Å². The van der Waals surface area contributed by atoms with Gasteiger partial charge >= 0.3 is 0 Å². The minimum atomic E-state index is 0.0498. The fourth-order valence-corrected chi connectivity index (χ4v) is 3.60. The van der Waals surface area contributed by atoms with Gasteiger partial charge in [0.05, 0.1) is 6.33 Å². The van der Waals surface area contributed by atoms with E-state index in [1.54, 1.807) is 12.5 Å². The third kappa shape index (κ3) is 2.66. The Labute approximate surface area is 136 Å². The van der Waals surface area contributed by atoms with Gasteiger partial charge in [-0.25, -0.2) is 9.97 Å². The van der Waals surface area contributed by atoms with Crippen molar-refractivity contribution in [3.63, 3.8) is 0 Å². The standard InChI is InChI=1S/C17H23N5O/c1-12-9-18-16(13-3-4-13)22(12)14-5-7-21(8-6-14)17(23)15-10-20(2)11-19-15/h9-11,13-14H,3-8H2,1-2H3. The lowest BCUT2D eigenvalue weighted by Crippen LogP contribution is -2.39. The third-order valence-electron chi connectivity index (χ3n) is 4.99. The highest BCUT2D eigenvalue weighted by Crippen LogP contribution is 2.41. The number of hydrogen-bond donors (Lipinski definition) is 0. The second-order valence-corrected chi connectivity index (χ2v) is 6.85. The number of carbonyl (C=O) groups is 1. The minimum Gasteiger partial charge on any atom is -0.340 e. The molecule has 2 aliphatic rings. The topological polar surface area (TPSA) is 56.0 Å². The molecule has 1 saturated carbocycles. The molecule has 1 amide bonds. The van der Waals surface area contributed by atoms with Crippen LogP contribution in [-0.2, 0) is 7.05 Å². The Kier molecular flexibility index (Phi) is 3.47. The third-order valence-corrected chi connectivity index (χ3v) is 4.99. The van der Waals surface area contributed by atoms with Crippen LogP contribution in [0.2, 0.25) is 0 Å². The van der Waals surface area contributed by atoms with E-state index in [4.69, 9.17) is 0 Å². The highest BCUT2D eigenvalue weighted by atomic mass is 16.2. The number of rotatable bonds is 3. The van der Waals surface area contributed by atoms with Gasteiger partial charge in [0, 0.05) is 50.2 Å². The van der Waals surface area contributed by atoms with Crippen LogP contribution in [0.15, 0.2) is 18.7 Å². The minimum absolute atomic E-state index is 0.0498. The average Bonchev–Trinajstić information content (AvgIpc) is 3.20. The predicted octanol–water partition coefficient (Wildman–Crippen LogP) is 2.28. The summed E-state index contributed by atoms with van der Waals surface area (Å²) in [6, 6.07) is 0.473. The summed E-state index contributed by atoms with van der Waals surface area (Å²) in [4.78, 5) is 23.2. The fraction of sp³-hybridized carbons (Fsp3) is 0.588. The average molecular weight is 313 g/mol. The molecule has 2 aromatic rings. The quantitative estimate of drug-likeness (QED) is 0.873. The van der Waals surface area contributed by atoms with Gasteiger partial charge in [0.2, 0.25) is 0 Å². The molecule has 0 unspecified atom stereocenters. The van der Waals surface area contributed by atoms with Crippen LogP contribution in [0.5, 0.6) is 0 Å². The lowest BCUT2D eigenvalue weighted by Gasteiger charge is -2.33. The molecule has 1 aliphatic heterocycles. The van der Waals surface area contributed by atoms with Gasteiger partial charge in [-0.05, 0) is 32.6 Å². The summed E-state index contributed by atoms with van der Waals surface area (Å²) in [5.41, 5.74) is 1.80. The first-order valence-corrected chi connectivity index (χ1v) is 8.44. The molecule has 1 saturated heterocycles. The molecule has 0 bridgehead atoms. The first kappa shape index (κ1) is 14.5. The monoisotopic (exact) mass is 313 g/mol. The van der Waals surface area contributed by atoms with Crippen molar-refractivity contribution in [3.8, 4) is 0 Å². The van der Waals surface area contributed by atoms with Gasteiger partial charge in [-0.2, -0.15) is 0 Å². The molecule has 122 valence electrons. The number of imidazole rings is 2. The maximum Gasteiger partial charge on any atom is 0.274 e. The summed E-state index contributed by atoms with van der Waals surface area (Å²) in [5.74, 6) is 1.97. The number of aryl methyl sites for hydroxylation is 2. The van der Waals surface area contributed by atoms with Gasteiger partial charge < -0.3 is 14.0 Å². The van der Waals surface area contributed by atoms with Gasteiger partial charge in [-0.15, -0.1) is 0 Å². The smallest absolute Gasteiger partial charge is 0.274 e. The van der Waals surface area contributed by atoms with Gasteiger partial charge in [-0.1, -0.05) is 0 Å². The van der Waals surface area contributed by atoms with Crippen molar-refractivity contribution in [1.29, 1.82) is 0 Å². The van der Waals surface area contributed by atoms with Crippen LogP contribution in [0.3, 0.4) is 0 Å². The first-order chi connectivity index (χ1) is 11.1. The van der Waals surface area contributed by atoms with E-state index in [1.807, 2.05) is 22.7 Å². The molecule has 6 nitrogen and oxygen atoms in total. The maximum absolute atomic E-state index is 12.5. The largest absolute Gasteiger partial charge is 0.340 e. The van der Waals surface area contributed by atoms with E-state index in [2.05, 4.69) is 21.5 Å². The lowest BCUT2D eigenvalue weighted by atomic mass is 10.0. The van der Waals surface area contributed by atoms with E-state index in [-0.39, 0.29) is 5.91 Å². The van der Waals surface area contributed by atoms with Gasteiger partial charge in [0.25, 0.3) is 5.91 Å². The highest BCUT2D eigenvalue weighted by molar-refractivity contribution is 5.92. The summed E-state index contributed by atoms with van der Waals surface area (Å²) < 4.78 is 4.25. The number of carbonyl (C=O) groups excluding carboxylic acids is 1. The van der Waals surface area contributed by atoms with Crippen LogP contribution in [0.25, 0.3) is 0 Å². The summed E-state index contributed by atoms with van der Waals surface area (Å²) in [6.45, 7) is 3.73. The Hall–Kier alpha value is -2.11. The first-order valence-electron chi connectivity index (χ1n) is 8.44. The van der Waals surface area contributed by atoms with Crippen molar-refractivity contribution < 1.29 is 4.79 Å². The zero-order valence-electron chi connectivity index (χ0n) is 13.8. The molecule has 2 aromatic heterocycles. The van der Waals surface area contributed by atoms with Crippen LogP contribution in [0, 0.1) is 6.92 Å². The summed E-state index contributed by atoms with van der Waals surface area (Å²) in [6.07, 6.45) is 10.0. The number of nitrogens with zero attached hydrogens (tertiary/aromatic N) is 5. The van der Waals surface area contributed by atoms with E-state index in [1.165, 1.54) is 24.4 Å². The molecule has 2 fully saturated rings. The Morgan fingerprint density at radius 2 is 1.91 bits per heavy atom. The second-order valence-electron chi connectivity index (χ2n) is 6.85. The van der Waals surface area contributed by atoms with Crippen molar-refractivity contribution in [2.75, 3.05) is 13.1 Å². The molecule has 0 radical (unpaired) electrons. The normalized spacial score (nSPS) is 19.3. The molecule has 4 rings (SSSR count). The Morgan fingerprint density at radius 3 is 2.52 bits per heavy atom. The Balaban J connectivity index is 1.45. The Morgan fingerprint density at radius 1 is 1.17 bits per heavy atom. The molecular weight excluding hydrogens is 290 g/mol. The van der Waals surface area contributed by atoms with E-state index in [0.717, 1.165) is 25.9 Å². The molecule has 6 heteroatoms. The number of piperidine rings is 1. The number of aromatic nitrogens is 4. The molecule has 0 N–H and O–H groups in total. The van der Waals surface area contributed by atoms with E-state index in [9.17, 15) is 4.79 Å². The van der Waals surface area contributed by atoms with Crippen molar-refractivity contribution in [1.82, 2.24) is 24.0 Å². The molecule has 1 aliphatic carbocycles. The zero-order chi connectivity index (χ0) is 16.0. The number of amides is 1. The SMILES string of the molecule is Cc1cnc(C2CC2)n1C1CCN(C(=O)c2cn(C)cn2)CC1. The van der Waals surface area contributed by atoms with E-state index >= 15 is 0 Å². The maximum atomic E-state index is 12.5. The van der Waals surface area contributed by atoms with Crippen molar-refractivity contribution in [2.24, 2.45) is 7.05 Å². The van der Waals surface area contributed by atoms with Crippen LogP contribution in [-0.4, -0.2) is 43.0 Å². The van der Waals surface area contributed by atoms with Crippen LogP contribution < -0.4 is 0 Å². The van der Waals surface area contributed by atoms with Crippen molar-refractivity contribution in [3.05, 3.63) is 35.9 Å². The molecule has 3 heterocycles. The fourth-order valence-electron chi connectivity index (χ4n) is 3.60. The van der Waals surface area contributed by atoms with Crippen molar-refractivity contribution in [2.45, 2.75) is 44.6 Å². The number of hydrogen-bond acceptors (Lipinski definition) is 3. The molecule has 0 atom stereocenters. The van der Waals surface area contributed by atoms with Crippen molar-refractivity contribution >= 4 is 5.91 Å². The summed E-state index contributed by atoms with van der Waals surface area (Å²) in [7, 11) is 1.89. The van der Waals surface area contributed by atoms with Gasteiger partial charge in [-0.3, -0.25) is 4.79 Å². The van der Waals surface area contributed by atoms with Gasteiger partial charge in [0.15, 0.2) is 0 Å². The molecular formula is C17H23N5O. The number of likely N-dealkylation sites (tertiary alicyclic amines) is 1. The van der Waals surface area contributed by atoms with E-state index < -0.39 is 0 Å². The molecule has 0 aromatic carbocycles. The molecule has 23 heavy (non-hydrogen) atoms. The van der Waals surface area contributed by atoms with Crippen LogP contribution in [0.1, 0.15) is 59.6 Å². The molecule has 0 spiro atoms. The van der Waals surface area contributed by atoms with E-state index in [0.29, 0.717) is 17.7 Å². The highest BCUT2D eigenvalue weighted by Gasteiger charge is 2.33. The Bertz CT molecular complexity index is 719. The zero-order valence-corrected chi connectivity index (χ0v) is 13.8.